The molecule has 0 bridgehead atoms. The molecule has 1 aliphatic heterocycles. The number of para-hydroxylation sites is 2. The first-order chi connectivity index (χ1) is 15.1. The molecule has 0 aliphatic carbocycles. The molecule has 1 aromatic heterocycles. The highest BCUT2D eigenvalue weighted by Crippen LogP contribution is 2.21. The third kappa shape index (κ3) is 4.77. The van der Waals surface area contributed by atoms with Gasteiger partial charge in [0.1, 0.15) is 5.82 Å². The second kappa shape index (κ2) is 10.6. The van der Waals surface area contributed by atoms with Crippen LogP contribution < -0.4 is 10.6 Å². The lowest BCUT2D eigenvalue weighted by Crippen LogP contribution is -2.43. The number of hydrogen-bond acceptors (Lipinski definition) is 4. The zero-order valence-electron chi connectivity index (χ0n) is 18.2. The molecule has 9 heteroatoms. The molecule has 2 heterocycles. The molecular formula is C23H27IN6O2. The van der Waals surface area contributed by atoms with Gasteiger partial charge in [0, 0.05) is 33.2 Å². The Hall–Kier alpha value is -2.95. The number of amides is 2. The standard InChI is InChI=1S/C23H26N6O2.HI/c1-16-27-19-10-5-6-11-20(19)28(16)14-7-12-25-23(24-2)26-13-15-29-21(30)17-8-3-4-9-18(17)22(29)31;/h3-6,8-11H,7,12-15H2,1-2H3,(H2,24,25,26);1H. The Balaban J connectivity index is 0.00000289. The molecule has 0 radical (unpaired) electrons. The molecule has 32 heavy (non-hydrogen) atoms. The molecule has 0 unspecified atom stereocenters. The number of fused-ring (bicyclic) bond motifs is 2. The van der Waals surface area contributed by atoms with Crippen molar-refractivity contribution in [2.24, 2.45) is 4.99 Å². The van der Waals surface area contributed by atoms with Gasteiger partial charge in [-0.1, -0.05) is 24.3 Å². The molecule has 168 valence electrons. The summed E-state index contributed by atoms with van der Waals surface area (Å²) in [7, 11) is 1.70. The van der Waals surface area contributed by atoms with Crippen LogP contribution in [0.5, 0.6) is 0 Å². The van der Waals surface area contributed by atoms with E-state index >= 15 is 0 Å². The van der Waals surface area contributed by atoms with E-state index < -0.39 is 0 Å². The van der Waals surface area contributed by atoms with E-state index in [-0.39, 0.29) is 42.3 Å². The predicted molar refractivity (Wildman–Crippen MR) is 136 cm³/mol. The first kappa shape index (κ1) is 23.7. The average Bonchev–Trinajstić information content (AvgIpc) is 3.23. The molecule has 3 aromatic rings. The number of rotatable bonds is 7. The van der Waals surface area contributed by atoms with Crippen LogP contribution in [-0.4, -0.2) is 58.9 Å². The van der Waals surface area contributed by atoms with E-state index in [4.69, 9.17) is 0 Å². The summed E-state index contributed by atoms with van der Waals surface area (Å²) in [5.41, 5.74) is 3.09. The minimum atomic E-state index is -0.242. The van der Waals surface area contributed by atoms with E-state index in [1.54, 1.807) is 31.3 Å². The maximum absolute atomic E-state index is 12.4. The SMILES string of the molecule is CN=C(NCCCn1c(C)nc2ccccc21)NCCN1C(=O)c2ccccc2C1=O.I. The van der Waals surface area contributed by atoms with Crippen LogP contribution in [0.1, 0.15) is 33.0 Å². The second-order valence-corrected chi connectivity index (χ2v) is 7.39. The van der Waals surface area contributed by atoms with Crippen molar-refractivity contribution < 1.29 is 9.59 Å². The highest BCUT2D eigenvalue weighted by molar-refractivity contribution is 14.0. The lowest BCUT2D eigenvalue weighted by atomic mass is 10.1. The summed E-state index contributed by atoms with van der Waals surface area (Å²) in [5.74, 6) is 1.16. The Kier molecular flexibility index (Phi) is 7.84. The van der Waals surface area contributed by atoms with E-state index in [0.717, 1.165) is 36.4 Å². The van der Waals surface area contributed by atoms with E-state index in [0.29, 0.717) is 23.6 Å². The number of halogens is 1. The fourth-order valence-corrected chi connectivity index (χ4v) is 3.87. The number of aryl methyl sites for hydroxylation is 2. The number of carbonyl (C=O) groups excluding carboxylic acids is 2. The third-order valence-corrected chi connectivity index (χ3v) is 5.43. The molecule has 2 N–H and O–H groups in total. The summed E-state index contributed by atoms with van der Waals surface area (Å²) in [6.45, 7) is 4.32. The van der Waals surface area contributed by atoms with Gasteiger partial charge in [-0.15, -0.1) is 24.0 Å². The summed E-state index contributed by atoms with van der Waals surface area (Å²) >= 11 is 0. The van der Waals surface area contributed by atoms with Crippen LogP contribution in [0.25, 0.3) is 11.0 Å². The highest BCUT2D eigenvalue weighted by Gasteiger charge is 2.34. The van der Waals surface area contributed by atoms with Crippen molar-refractivity contribution in [1.82, 2.24) is 25.1 Å². The van der Waals surface area contributed by atoms with E-state index in [1.165, 1.54) is 4.90 Å². The molecule has 0 atom stereocenters. The molecule has 0 saturated carbocycles. The van der Waals surface area contributed by atoms with Gasteiger partial charge >= 0.3 is 0 Å². The molecule has 0 spiro atoms. The van der Waals surface area contributed by atoms with Crippen molar-refractivity contribution in [3.05, 3.63) is 65.5 Å². The fourth-order valence-electron chi connectivity index (χ4n) is 3.87. The lowest BCUT2D eigenvalue weighted by Gasteiger charge is -2.16. The van der Waals surface area contributed by atoms with E-state index in [2.05, 4.69) is 31.2 Å². The summed E-state index contributed by atoms with van der Waals surface area (Å²) in [6.07, 6.45) is 0.903. The number of benzene rings is 2. The predicted octanol–water partition coefficient (Wildman–Crippen LogP) is 2.81. The second-order valence-electron chi connectivity index (χ2n) is 7.39. The smallest absolute Gasteiger partial charge is 0.261 e. The van der Waals surface area contributed by atoms with Gasteiger partial charge in [-0.05, 0) is 37.6 Å². The summed E-state index contributed by atoms with van der Waals surface area (Å²) in [6, 6.07) is 15.1. The van der Waals surface area contributed by atoms with Crippen molar-refractivity contribution in [2.75, 3.05) is 26.7 Å². The van der Waals surface area contributed by atoms with Gasteiger partial charge in [-0.2, -0.15) is 0 Å². The normalized spacial score (nSPS) is 13.3. The Labute approximate surface area is 204 Å². The molecule has 0 saturated heterocycles. The van der Waals surface area contributed by atoms with Crippen molar-refractivity contribution in [1.29, 1.82) is 0 Å². The first-order valence-electron chi connectivity index (χ1n) is 10.4. The van der Waals surface area contributed by atoms with Crippen molar-refractivity contribution in [3.63, 3.8) is 0 Å². The molecule has 8 nitrogen and oxygen atoms in total. The van der Waals surface area contributed by atoms with Crippen LogP contribution in [-0.2, 0) is 6.54 Å². The maximum Gasteiger partial charge on any atom is 0.261 e. The Bertz CT molecular complexity index is 1120. The van der Waals surface area contributed by atoms with E-state index in [9.17, 15) is 9.59 Å². The average molecular weight is 546 g/mol. The number of nitrogens with one attached hydrogen (secondary N) is 2. The van der Waals surface area contributed by atoms with Crippen LogP contribution in [0.15, 0.2) is 53.5 Å². The lowest BCUT2D eigenvalue weighted by molar-refractivity contribution is 0.0657. The third-order valence-electron chi connectivity index (χ3n) is 5.43. The molecule has 2 aromatic carbocycles. The molecule has 4 rings (SSSR count). The molecule has 1 aliphatic rings. The summed E-state index contributed by atoms with van der Waals surface area (Å²) in [4.78, 5) is 34.9. The monoisotopic (exact) mass is 546 g/mol. The zero-order valence-corrected chi connectivity index (χ0v) is 20.5. The van der Waals surface area contributed by atoms with E-state index in [1.807, 2.05) is 25.1 Å². The minimum Gasteiger partial charge on any atom is -0.356 e. The quantitative estimate of drug-likeness (QED) is 0.156. The van der Waals surface area contributed by atoms with Crippen LogP contribution >= 0.6 is 24.0 Å². The van der Waals surface area contributed by atoms with Gasteiger partial charge in [-0.25, -0.2) is 4.98 Å². The topological polar surface area (TPSA) is 91.6 Å². The number of hydrogen-bond donors (Lipinski definition) is 2. The van der Waals surface area contributed by atoms with Gasteiger partial charge in [0.15, 0.2) is 5.96 Å². The number of aromatic nitrogens is 2. The summed E-state index contributed by atoms with van der Waals surface area (Å²) < 4.78 is 2.22. The maximum atomic E-state index is 12.4. The number of nitrogens with zero attached hydrogens (tertiary/aromatic N) is 4. The fraction of sp³-hybridized carbons (Fsp3) is 0.304. The van der Waals surface area contributed by atoms with Crippen molar-refractivity contribution in [3.8, 4) is 0 Å². The van der Waals surface area contributed by atoms with Gasteiger partial charge in [0.25, 0.3) is 11.8 Å². The van der Waals surface area contributed by atoms with Crippen LogP contribution in [0, 0.1) is 6.92 Å². The van der Waals surface area contributed by atoms with Gasteiger partial charge in [0.05, 0.1) is 22.2 Å². The van der Waals surface area contributed by atoms with Gasteiger partial charge in [0.2, 0.25) is 0 Å². The minimum absolute atomic E-state index is 0. The van der Waals surface area contributed by atoms with Crippen LogP contribution in [0.2, 0.25) is 0 Å². The van der Waals surface area contributed by atoms with Crippen LogP contribution in [0.4, 0.5) is 0 Å². The highest BCUT2D eigenvalue weighted by atomic mass is 127. The van der Waals surface area contributed by atoms with Gasteiger partial charge in [-0.3, -0.25) is 19.5 Å². The van der Waals surface area contributed by atoms with Crippen molar-refractivity contribution >= 4 is 52.8 Å². The zero-order chi connectivity index (χ0) is 21.8. The van der Waals surface area contributed by atoms with Crippen LogP contribution in [0.3, 0.4) is 0 Å². The first-order valence-corrected chi connectivity index (χ1v) is 10.4. The number of aliphatic imine (C=N–C) groups is 1. The number of imide groups is 1. The Morgan fingerprint density at radius 2 is 1.56 bits per heavy atom. The molecule has 0 fully saturated rings. The molecular weight excluding hydrogens is 519 g/mol. The molecule has 2 amide bonds. The number of guanidine groups is 1. The Morgan fingerprint density at radius 1 is 0.938 bits per heavy atom. The van der Waals surface area contributed by atoms with Gasteiger partial charge < -0.3 is 15.2 Å². The number of imidazole rings is 1. The summed E-state index contributed by atoms with van der Waals surface area (Å²) in [5, 5.41) is 6.45. The largest absolute Gasteiger partial charge is 0.356 e. The van der Waals surface area contributed by atoms with Crippen molar-refractivity contribution in [2.45, 2.75) is 19.9 Å². The number of carbonyl (C=O) groups is 2. The Morgan fingerprint density at radius 3 is 2.25 bits per heavy atom.